The van der Waals surface area contributed by atoms with Crippen LogP contribution in [0.3, 0.4) is 0 Å². The first kappa shape index (κ1) is 28.2. The number of fused-ring (bicyclic) bond motifs is 3. The Hall–Kier alpha value is -5.81. The summed E-state index contributed by atoms with van der Waals surface area (Å²) in [5.74, 6) is -9.40. The first-order valence-corrected chi connectivity index (χ1v) is 11.8. The van der Waals surface area contributed by atoms with Crippen molar-refractivity contribution in [3.63, 3.8) is 0 Å². The molecule has 0 saturated carbocycles. The van der Waals surface area contributed by atoms with Gasteiger partial charge >= 0.3 is 35.6 Å². The van der Waals surface area contributed by atoms with Crippen LogP contribution in [0.15, 0.2) is 29.1 Å². The fourth-order valence-corrected chi connectivity index (χ4v) is 4.23. The lowest BCUT2D eigenvalue weighted by Gasteiger charge is -2.42. The molecule has 4 amide bonds. The number of aromatic nitrogens is 2. The number of nitrogens with zero attached hydrogens (tertiary/aromatic N) is 3. The van der Waals surface area contributed by atoms with Crippen molar-refractivity contribution in [2.75, 3.05) is 33.5 Å². The van der Waals surface area contributed by atoms with Gasteiger partial charge in [-0.2, -0.15) is 4.98 Å². The maximum Gasteiger partial charge on any atom is 0.394 e. The average Bonchev–Trinajstić information content (AvgIpc) is 2.92. The Morgan fingerprint density at radius 2 is 1.71 bits per heavy atom. The van der Waals surface area contributed by atoms with E-state index < -0.39 is 71.5 Å². The van der Waals surface area contributed by atoms with Crippen molar-refractivity contribution < 1.29 is 48.9 Å². The van der Waals surface area contributed by atoms with Gasteiger partial charge in [0.25, 0.3) is 11.5 Å². The van der Waals surface area contributed by atoms with Crippen LogP contribution in [0.5, 0.6) is 0 Å². The van der Waals surface area contributed by atoms with E-state index in [1.54, 1.807) is 0 Å². The SMILES string of the molecule is O=C(O)CCC(NC(=O)c1ccc(N2CC3CNc4nc(NC(=O)C(=O)O)[nH]c(=O)c4N3C(=O)C2=O)cc1)C(=O)O. The first-order chi connectivity index (χ1) is 19.4. The van der Waals surface area contributed by atoms with Crippen molar-refractivity contribution in [1.29, 1.82) is 0 Å². The Balaban J connectivity index is 1.50. The van der Waals surface area contributed by atoms with E-state index in [2.05, 4.69) is 20.6 Å². The Labute approximate surface area is 228 Å². The van der Waals surface area contributed by atoms with E-state index in [1.807, 2.05) is 5.32 Å². The van der Waals surface area contributed by atoms with Crippen molar-refractivity contribution in [3.05, 3.63) is 40.2 Å². The topological polar surface area (TPSA) is 268 Å². The molecule has 0 radical (unpaired) electrons. The third kappa shape index (κ3) is 5.79. The van der Waals surface area contributed by atoms with Gasteiger partial charge in [-0.15, -0.1) is 0 Å². The lowest BCUT2D eigenvalue weighted by molar-refractivity contribution is -0.147. The van der Waals surface area contributed by atoms with Gasteiger partial charge in [0.1, 0.15) is 6.04 Å². The maximum atomic E-state index is 13.1. The van der Waals surface area contributed by atoms with Gasteiger partial charge in [0.15, 0.2) is 11.5 Å². The number of carbonyl (C=O) groups excluding carboxylic acids is 4. The minimum absolute atomic E-state index is 0.0180. The number of hydrogen-bond acceptors (Lipinski definition) is 10. The summed E-state index contributed by atoms with van der Waals surface area (Å²) in [6, 6.07) is 3.14. The molecule has 18 nitrogen and oxygen atoms in total. The van der Waals surface area contributed by atoms with Crippen LogP contribution in [0, 0.1) is 0 Å². The molecule has 2 aliphatic heterocycles. The van der Waals surface area contributed by atoms with Crippen molar-refractivity contribution in [2.45, 2.75) is 24.9 Å². The molecule has 1 aromatic heterocycles. The lowest BCUT2D eigenvalue weighted by Crippen LogP contribution is -2.64. The molecule has 2 aliphatic rings. The summed E-state index contributed by atoms with van der Waals surface area (Å²) in [5.41, 5.74) is -0.967. The zero-order valence-corrected chi connectivity index (χ0v) is 20.7. The number of benzene rings is 1. The third-order valence-corrected chi connectivity index (χ3v) is 6.16. The molecule has 2 atom stereocenters. The number of amides is 4. The predicted molar refractivity (Wildman–Crippen MR) is 135 cm³/mol. The summed E-state index contributed by atoms with van der Waals surface area (Å²) in [6.07, 6.45) is -0.798. The largest absolute Gasteiger partial charge is 0.481 e. The third-order valence-electron chi connectivity index (χ3n) is 6.16. The van der Waals surface area contributed by atoms with Gasteiger partial charge in [-0.1, -0.05) is 0 Å². The molecule has 1 saturated heterocycles. The summed E-state index contributed by atoms with van der Waals surface area (Å²) in [4.78, 5) is 104. The fraction of sp³-hybridized carbons (Fsp3) is 0.261. The number of aromatic amines is 1. The quantitative estimate of drug-likeness (QED) is 0.169. The molecular formula is C23H21N7O11. The van der Waals surface area contributed by atoms with Crippen LogP contribution in [-0.2, 0) is 28.8 Å². The Morgan fingerprint density at radius 1 is 1.02 bits per heavy atom. The second-order valence-electron chi connectivity index (χ2n) is 8.84. The van der Waals surface area contributed by atoms with E-state index in [9.17, 15) is 43.5 Å². The normalized spacial score (nSPS) is 16.5. The van der Waals surface area contributed by atoms with Gasteiger partial charge < -0.3 is 30.9 Å². The molecule has 3 heterocycles. The van der Waals surface area contributed by atoms with Crippen LogP contribution in [0.4, 0.5) is 23.1 Å². The van der Waals surface area contributed by atoms with Crippen molar-refractivity contribution in [3.8, 4) is 0 Å². The number of carbonyl (C=O) groups is 7. The average molecular weight is 571 g/mol. The molecule has 2 aromatic rings. The predicted octanol–water partition coefficient (Wildman–Crippen LogP) is -1.99. The molecule has 7 N–H and O–H groups in total. The number of carboxylic acid groups (broad SMARTS) is 3. The molecule has 0 spiro atoms. The number of carboxylic acids is 3. The van der Waals surface area contributed by atoms with Gasteiger partial charge in [0.05, 0.1) is 6.04 Å². The lowest BCUT2D eigenvalue weighted by atomic mass is 10.1. The first-order valence-electron chi connectivity index (χ1n) is 11.8. The number of hydrogen-bond donors (Lipinski definition) is 7. The smallest absolute Gasteiger partial charge is 0.394 e. The van der Waals surface area contributed by atoms with Crippen LogP contribution in [0.1, 0.15) is 23.2 Å². The molecule has 4 rings (SSSR count). The Morgan fingerprint density at radius 3 is 2.32 bits per heavy atom. The van der Waals surface area contributed by atoms with Gasteiger partial charge in [0, 0.05) is 30.8 Å². The van der Waals surface area contributed by atoms with E-state index >= 15 is 0 Å². The van der Waals surface area contributed by atoms with E-state index in [4.69, 9.17) is 10.2 Å². The Kier molecular flexibility index (Phi) is 7.65. The number of nitrogens with one attached hydrogen (secondary N) is 4. The summed E-state index contributed by atoms with van der Waals surface area (Å²) in [5, 5.41) is 33.7. The highest BCUT2D eigenvalue weighted by Crippen LogP contribution is 2.31. The summed E-state index contributed by atoms with van der Waals surface area (Å²) in [6.45, 7) is -0.0471. The summed E-state index contributed by atoms with van der Waals surface area (Å²) < 4.78 is 0. The van der Waals surface area contributed by atoms with E-state index in [-0.39, 0.29) is 42.3 Å². The highest BCUT2D eigenvalue weighted by atomic mass is 16.4. The van der Waals surface area contributed by atoms with Crippen molar-refractivity contribution in [1.82, 2.24) is 15.3 Å². The molecule has 0 bridgehead atoms. The van der Waals surface area contributed by atoms with Crippen molar-refractivity contribution in [2.24, 2.45) is 0 Å². The molecule has 0 aliphatic carbocycles. The molecule has 2 unspecified atom stereocenters. The van der Waals surface area contributed by atoms with Crippen LogP contribution in [-0.4, -0.2) is 92.0 Å². The Bertz CT molecular complexity index is 1540. The van der Waals surface area contributed by atoms with Gasteiger partial charge in [-0.3, -0.25) is 44.0 Å². The summed E-state index contributed by atoms with van der Waals surface area (Å²) >= 11 is 0. The number of aliphatic carboxylic acids is 3. The van der Waals surface area contributed by atoms with Crippen LogP contribution < -0.4 is 31.3 Å². The van der Waals surface area contributed by atoms with E-state index in [0.29, 0.717) is 0 Å². The molecule has 18 heteroatoms. The highest BCUT2D eigenvalue weighted by molar-refractivity contribution is 6.46. The maximum absolute atomic E-state index is 13.1. The standard InChI is InChI=1S/C23H21N7O11/c31-13(32)6-5-12(21(38)39)25-16(33)9-1-3-10(4-2-9)29-8-11-7-24-15-14(30(11)20(37)19(29)36)17(34)27-23(26-15)28-18(35)22(40)41/h1-4,11-12H,5-8H2,(H,25,33)(H,31,32)(H,38,39)(H,40,41)(H3,24,26,27,28,34,35). The van der Waals surface area contributed by atoms with Crippen LogP contribution in [0.2, 0.25) is 0 Å². The zero-order chi connectivity index (χ0) is 30.0. The number of anilines is 4. The molecule has 41 heavy (non-hydrogen) atoms. The number of H-pyrrole nitrogens is 1. The van der Waals surface area contributed by atoms with Gasteiger partial charge in [-0.25, -0.2) is 9.59 Å². The van der Waals surface area contributed by atoms with Gasteiger partial charge in [-0.05, 0) is 30.7 Å². The van der Waals surface area contributed by atoms with Crippen LogP contribution in [0.25, 0.3) is 0 Å². The van der Waals surface area contributed by atoms with Crippen molar-refractivity contribution >= 4 is 64.7 Å². The molecule has 1 fully saturated rings. The van der Waals surface area contributed by atoms with Crippen LogP contribution >= 0.6 is 0 Å². The molecular weight excluding hydrogens is 550 g/mol. The second kappa shape index (κ2) is 11.1. The molecule has 214 valence electrons. The minimum atomic E-state index is -1.82. The minimum Gasteiger partial charge on any atom is -0.481 e. The number of piperazine rings is 1. The zero-order valence-electron chi connectivity index (χ0n) is 20.7. The van der Waals surface area contributed by atoms with Gasteiger partial charge in [0.2, 0.25) is 5.95 Å². The molecule has 1 aromatic carbocycles. The highest BCUT2D eigenvalue weighted by Gasteiger charge is 2.45. The monoisotopic (exact) mass is 571 g/mol. The van der Waals surface area contributed by atoms with E-state index in [0.717, 1.165) is 9.80 Å². The van der Waals surface area contributed by atoms with E-state index in [1.165, 1.54) is 24.3 Å². The summed E-state index contributed by atoms with van der Waals surface area (Å²) in [7, 11) is 0. The number of rotatable bonds is 8. The fourth-order valence-electron chi connectivity index (χ4n) is 4.23. The second-order valence-corrected chi connectivity index (χ2v) is 8.84.